The average molecular weight is 521 g/mol. The first-order valence-corrected chi connectivity index (χ1v) is 9.91. The minimum Gasteiger partial charge on any atom is -0.477 e. The third kappa shape index (κ3) is 13.1. The van der Waals surface area contributed by atoms with E-state index in [0.29, 0.717) is 38.1 Å². The maximum absolute atomic E-state index is 11.7. The maximum atomic E-state index is 11.7. The molecule has 0 fully saturated rings. The molecule has 0 radical (unpaired) electrons. The van der Waals surface area contributed by atoms with Gasteiger partial charge in [-0.05, 0) is 40.2 Å². The maximum Gasteiger partial charge on any atom is 0.407 e. The third-order valence-corrected chi connectivity index (χ3v) is 3.42. The number of alkyl carbamates (subject to hydrolysis) is 1. The molecule has 0 aliphatic heterocycles. The van der Waals surface area contributed by atoms with Crippen LogP contribution in [0, 0.1) is 0 Å². The van der Waals surface area contributed by atoms with Gasteiger partial charge in [-0.1, -0.05) is 19.4 Å². The monoisotopic (exact) mass is 521 g/mol. The Bertz CT molecular complexity index is 620. The summed E-state index contributed by atoms with van der Waals surface area (Å²) in [5.41, 5.74) is 0.428. The zero-order valence-corrected chi connectivity index (χ0v) is 20.5. The number of aromatic nitrogens is 1. The van der Waals surface area contributed by atoms with Gasteiger partial charge >= 0.3 is 6.09 Å². The van der Waals surface area contributed by atoms with E-state index in [-0.39, 0.29) is 24.0 Å². The molecule has 0 spiro atoms. The van der Waals surface area contributed by atoms with Crippen LogP contribution in [0.2, 0.25) is 0 Å². The number of unbranched alkanes of at least 4 members (excludes halogenated alkanes) is 1. The van der Waals surface area contributed by atoms with Gasteiger partial charge in [0.2, 0.25) is 5.88 Å². The van der Waals surface area contributed by atoms with Gasteiger partial charge in [0.05, 0.1) is 13.2 Å². The molecule has 1 rings (SSSR count). The molecule has 1 amide bonds. The van der Waals surface area contributed by atoms with E-state index in [1.807, 2.05) is 39.8 Å². The molecule has 0 atom stereocenters. The number of nitrogens with one attached hydrogen (secondary N) is 3. The van der Waals surface area contributed by atoms with Gasteiger partial charge in [0.25, 0.3) is 0 Å². The van der Waals surface area contributed by atoms with Crippen molar-refractivity contribution in [1.82, 2.24) is 20.9 Å². The Labute approximate surface area is 191 Å². The number of nitrogens with zero attached hydrogens (tertiary/aromatic N) is 2. The number of guanidine groups is 1. The van der Waals surface area contributed by atoms with Crippen LogP contribution in [-0.2, 0) is 11.3 Å². The smallest absolute Gasteiger partial charge is 0.407 e. The highest BCUT2D eigenvalue weighted by atomic mass is 127. The van der Waals surface area contributed by atoms with Gasteiger partial charge in [0.15, 0.2) is 5.96 Å². The van der Waals surface area contributed by atoms with Crippen LogP contribution in [0.1, 0.15) is 53.0 Å². The van der Waals surface area contributed by atoms with Crippen molar-refractivity contribution < 1.29 is 14.3 Å². The highest BCUT2D eigenvalue weighted by Gasteiger charge is 2.15. The van der Waals surface area contributed by atoms with Crippen molar-refractivity contribution in [2.75, 3.05) is 26.2 Å². The number of hydrogen-bond donors (Lipinski definition) is 3. The van der Waals surface area contributed by atoms with E-state index in [0.717, 1.165) is 24.9 Å². The molecule has 1 aromatic rings. The summed E-state index contributed by atoms with van der Waals surface area (Å²) in [4.78, 5) is 20.5. The highest BCUT2D eigenvalue weighted by Crippen LogP contribution is 2.15. The van der Waals surface area contributed by atoms with Crippen LogP contribution in [0.5, 0.6) is 5.88 Å². The van der Waals surface area contributed by atoms with Gasteiger partial charge in [-0.2, -0.15) is 0 Å². The van der Waals surface area contributed by atoms with Crippen molar-refractivity contribution in [2.45, 2.75) is 59.6 Å². The van der Waals surface area contributed by atoms with Gasteiger partial charge < -0.3 is 25.4 Å². The van der Waals surface area contributed by atoms with E-state index in [2.05, 4.69) is 32.9 Å². The first kappa shape index (κ1) is 27.2. The molecule has 166 valence electrons. The lowest BCUT2D eigenvalue weighted by atomic mass is 10.2. The molecule has 0 unspecified atom stereocenters. The van der Waals surface area contributed by atoms with Gasteiger partial charge in [-0.25, -0.2) is 14.8 Å². The lowest BCUT2D eigenvalue weighted by molar-refractivity contribution is 0.0529. The molecule has 0 saturated carbocycles. The Morgan fingerprint density at radius 1 is 1.17 bits per heavy atom. The van der Waals surface area contributed by atoms with Crippen LogP contribution < -0.4 is 20.7 Å². The summed E-state index contributed by atoms with van der Waals surface area (Å²) in [5.74, 6) is 1.29. The number of rotatable bonds is 10. The Balaban J connectivity index is 0.00000784. The van der Waals surface area contributed by atoms with E-state index >= 15 is 0 Å². The zero-order valence-electron chi connectivity index (χ0n) is 18.2. The normalized spacial score (nSPS) is 11.3. The van der Waals surface area contributed by atoms with Gasteiger partial charge in [0, 0.05) is 31.4 Å². The van der Waals surface area contributed by atoms with E-state index in [9.17, 15) is 4.79 Å². The summed E-state index contributed by atoms with van der Waals surface area (Å²) in [6.07, 6.45) is 3.36. The summed E-state index contributed by atoms with van der Waals surface area (Å²) in [6.45, 7) is 12.4. The summed E-state index contributed by atoms with van der Waals surface area (Å²) in [5, 5.41) is 9.08. The van der Waals surface area contributed by atoms with Crippen molar-refractivity contribution in [3.8, 4) is 5.88 Å². The zero-order chi connectivity index (χ0) is 20.8. The second kappa shape index (κ2) is 15.1. The number of hydrogen-bond acceptors (Lipinski definition) is 5. The van der Waals surface area contributed by atoms with Gasteiger partial charge in [-0.3, -0.25) is 0 Å². The topological polar surface area (TPSA) is 96.9 Å². The molecule has 0 aliphatic rings. The largest absolute Gasteiger partial charge is 0.477 e. The van der Waals surface area contributed by atoms with Crippen LogP contribution in [0.15, 0.2) is 23.3 Å². The van der Waals surface area contributed by atoms with Crippen LogP contribution >= 0.6 is 24.0 Å². The Morgan fingerprint density at radius 2 is 1.90 bits per heavy atom. The summed E-state index contributed by atoms with van der Waals surface area (Å²) in [6, 6.07) is 3.84. The molecule has 8 nitrogen and oxygen atoms in total. The molecule has 1 aromatic heterocycles. The average Bonchev–Trinajstić information content (AvgIpc) is 2.63. The Morgan fingerprint density at radius 3 is 2.55 bits per heavy atom. The van der Waals surface area contributed by atoms with E-state index in [1.54, 1.807) is 6.20 Å². The number of carbonyl (C=O) groups is 1. The third-order valence-electron chi connectivity index (χ3n) is 3.42. The molecule has 1 heterocycles. The molecular formula is C20H36IN5O3. The number of halogens is 1. The molecule has 0 bridgehead atoms. The van der Waals surface area contributed by atoms with Crippen molar-refractivity contribution in [3.63, 3.8) is 0 Å². The number of carbonyl (C=O) groups excluding carboxylic acids is 1. The number of pyridine rings is 1. The van der Waals surface area contributed by atoms with Crippen LogP contribution in [0.25, 0.3) is 0 Å². The number of aliphatic imine (C=N–C) groups is 1. The standard InChI is InChI=1S/C20H35N5O3.HI/c1-6-8-14-27-17-16(10-9-11-22-17)15-25-18(21-7-2)23-12-13-24-19(26)28-20(3,4)5;/h9-11H,6-8,12-15H2,1-5H3,(H,24,26)(H2,21,23,25);1H. The van der Waals surface area contributed by atoms with Crippen LogP contribution in [0.3, 0.4) is 0 Å². The molecule has 29 heavy (non-hydrogen) atoms. The second-order valence-corrected chi connectivity index (χ2v) is 7.22. The lowest BCUT2D eigenvalue weighted by Gasteiger charge is -2.20. The Kier molecular flexibility index (Phi) is 14.2. The molecule has 3 N–H and O–H groups in total. The first-order chi connectivity index (χ1) is 13.4. The second-order valence-electron chi connectivity index (χ2n) is 7.22. The number of ether oxygens (including phenoxy) is 2. The van der Waals surface area contributed by atoms with E-state index in [1.165, 1.54) is 0 Å². The molecule has 9 heteroatoms. The first-order valence-electron chi connectivity index (χ1n) is 9.91. The predicted molar refractivity (Wildman–Crippen MR) is 127 cm³/mol. The molecule has 0 saturated heterocycles. The minimum absolute atomic E-state index is 0. The van der Waals surface area contributed by atoms with E-state index < -0.39 is 11.7 Å². The van der Waals surface area contributed by atoms with Crippen LogP contribution in [-0.4, -0.2) is 48.9 Å². The van der Waals surface area contributed by atoms with Crippen molar-refractivity contribution in [1.29, 1.82) is 0 Å². The molecule has 0 aromatic carbocycles. The SMILES string of the molecule is CCCCOc1ncccc1CN=C(NCC)NCCNC(=O)OC(C)(C)C.I. The molecular weight excluding hydrogens is 485 g/mol. The summed E-state index contributed by atoms with van der Waals surface area (Å²) >= 11 is 0. The van der Waals surface area contributed by atoms with Crippen molar-refractivity contribution >= 4 is 36.0 Å². The number of amides is 1. The highest BCUT2D eigenvalue weighted by molar-refractivity contribution is 14.0. The van der Waals surface area contributed by atoms with Crippen molar-refractivity contribution in [2.24, 2.45) is 4.99 Å². The fraction of sp³-hybridized carbons (Fsp3) is 0.650. The summed E-state index contributed by atoms with van der Waals surface area (Å²) in [7, 11) is 0. The molecule has 0 aliphatic carbocycles. The van der Waals surface area contributed by atoms with Gasteiger partial charge in [0.1, 0.15) is 5.60 Å². The minimum atomic E-state index is -0.505. The quantitative estimate of drug-likeness (QED) is 0.189. The fourth-order valence-electron chi connectivity index (χ4n) is 2.15. The Hall–Kier alpha value is -1.78. The van der Waals surface area contributed by atoms with Gasteiger partial charge in [-0.15, -0.1) is 24.0 Å². The lowest BCUT2D eigenvalue weighted by Crippen LogP contribution is -2.42. The van der Waals surface area contributed by atoms with E-state index in [4.69, 9.17) is 9.47 Å². The predicted octanol–water partition coefficient (Wildman–Crippen LogP) is 3.46. The summed E-state index contributed by atoms with van der Waals surface area (Å²) < 4.78 is 11.0. The fourth-order valence-corrected chi connectivity index (χ4v) is 2.15. The van der Waals surface area contributed by atoms with Crippen molar-refractivity contribution in [3.05, 3.63) is 23.9 Å². The van der Waals surface area contributed by atoms with Crippen LogP contribution in [0.4, 0.5) is 4.79 Å².